The molecule has 2 amide bonds. The van der Waals surface area contributed by atoms with Crippen molar-refractivity contribution in [2.45, 2.75) is 12.8 Å². The molecule has 0 aliphatic carbocycles. The quantitative estimate of drug-likeness (QED) is 0.683. The molecular formula is C19H19F3N2O4. The van der Waals surface area contributed by atoms with Crippen molar-refractivity contribution < 1.29 is 32.2 Å². The van der Waals surface area contributed by atoms with Gasteiger partial charge in [0.2, 0.25) is 5.91 Å². The van der Waals surface area contributed by atoms with Crippen LogP contribution in [0.4, 0.5) is 13.2 Å². The Balaban J connectivity index is 1.66. The fraction of sp³-hybridized carbons (Fsp3) is 0.263. The van der Waals surface area contributed by atoms with Gasteiger partial charge in [-0.25, -0.2) is 0 Å². The van der Waals surface area contributed by atoms with Crippen molar-refractivity contribution in [3.63, 3.8) is 0 Å². The van der Waals surface area contributed by atoms with Gasteiger partial charge in [0.1, 0.15) is 24.7 Å². The molecule has 0 aromatic heterocycles. The Morgan fingerprint density at radius 2 is 1.43 bits per heavy atom. The van der Waals surface area contributed by atoms with E-state index in [9.17, 15) is 22.8 Å². The number of carbonyl (C=O) groups is 2. The highest BCUT2D eigenvalue weighted by molar-refractivity contribution is 5.85. The van der Waals surface area contributed by atoms with Gasteiger partial charge in [-0.2, -0.15) is 13.2 Å². The van der Waals surface area contributed by atoms with Gasteiger partial charge in [0.05, 0.1) is 6.54 Å². The van der Waals surface area contributed by atoms with Crippen molar-refractivity contribution >= 4 is 11.8 Å². The first-order chi connectivity index (χ1) is 13.3. The molecule has 2 rings (SSSR count). The number of halogens is 3. The summed E-state index contributed by atoms with van der Waals surface area (Å²) in [5.74, 6) is -0.539. The molecule has 0 heterocycles. The van der Waals surface area contributed by atoms with E-state index >= 15 is 0 Å². The van der Waals surface area contributed by atoms with Crippen molar-refractivity contribution in [2.75, 3.05) is 19.7 Å². The Bertz CT molecular complexity index is 765. The number of nitrogens with one attached hydrogen (secondary N) is 2. The fourth-order valence-corrected chi connectivity index (χ4v) is 2.01. The Labute approximate surface area is 159 Å². The van der Waals surface area contributed by atoms with Gasteiger partial charge in [-0.1, -0.05) is 30.3 Å². The molecular weight excluding hydrogens is 377 g/mol. The molecule has 2 N–H and O–H groups in total. The van der Waals surface area contributed by atoms with Crippen LogP contribution < -0.4 is 20.1 Å². The standard InChI is InChI=1S/C19H19F3N2O4/c20-19(21,22)13-24-17(25)10-23-18(26)12-28-16-8-6-15(7-9-16)27-11-14-4-2-1-3-5-14/h1-9H,10-13H2,(H,23,26)(H,24,25). The molecule has 0 unspecified atom stereocenters. The smallest absolute Gasteiger partial charge is 0.405 e. The van der Waals surface area contributed by atoms with Gasteiger partial charge in [-0.3, -0.25) is 9.59 Å². The lowest BCUT2D eigenvalue weighted by molar-refractivity contribution is -0.138. The fourth-order valence-electron chi connectivity index (χ4n) is 2.01. The highest BCUT2D eigenvalue weighted by Gasteiger charge is 2.27. The van der Waals surface area contributed by atoms with Crippen LogP contribution in [-0.4, -0.2) is 37.7 Å². The van der Waals surface area contributed by atoms with Crippen LogP contribution in [0.15, 0.2) is 54.6 Å². The minimum absolute atomic E-state index is 0.378. The molecule has 6 nitrogen and oxygen atoms in total. The maximum absolute atomic E-state index is 12.0. The molecule has 0 radical (unpaired) electrons. The second kappa shape index (κ2) is 10.2. The first-order valence-electron chi connectivity index (χ1n) is 8.31. The maximum Gasteiger partial charge on any atom is 0.405 e. The van der Waals surface area contributed by atoms with Crippen LogP contribution in [0.2, 0.25) is 0 Å². The summed E-state index contributed by atoms with van der Waals surface area (Å²) in [5.41, 5.74) is 1.03. The SMILES string of the molecule is O=C(CNC(=O)COc1ccc(OCc2ccccc2)cc1)NCC(F)(F)F. The Morgan fingerprint density at radius 3 is 2.04 bits per heavy atom. The molecule has 0 fully saturated rings. The normalized spacial score (nSPS) is 10.8. The van der Waals surface area contributed by atoms with Crippen LogP contribution in [0.25, 0.3) is 0 Å². The van der Waals surface area contributed by atoms with E-state index < -0.39 is 31.1 Å². The largest absolute Gasteiger partial charge is 0.489 e. The summed E-state index contributed by atoms with van der Waals surface area (Å²) in [6.07, 6.45) is -4.50. The molecule has 2 aromatic carbocycles. The van der Waals surface area contributed by atoms with E-state index in [4.69, 9.17) is 9.47 Å². The first kappa shape index (κ1) is 21.1. The molecule has 0 spiro atoms. The number of hydrogen-bond acceptors (Lipinski definition) is 4. The minimum Gasteiger partial charge on any atom is -0.489 e. The highest BCUT2D eigenvalue weighted by Crippen LogP contribution is 2.18. The van der Waals surface area contributed by atoms with Gasteiger partial charge < -0.3 is 20.1 Å². The average molecular weight is 396 g/mol. The van der Waals surface area contributed by atoms with E-state index in [0.29, 0.717) is 18.1 Å². The number of amides is 2. The van der Waals surface area contributed by atoms with E-state index in [-0.39, 0.29) is 6.61 Å². The van der Waals surface area contributed by atoms with Crippen molar-refractivity contribution in [1.29, 1.82) is 0 Å². The van der Waals surface area contributed by atoms with E-state index in [1.807, 2.05) is 30.3 Å². The predicted molar refractivity (Wildman–Crippen MR) is 94.8 cm³/mol. The molecule has 2 aromatic rings. The molecule has 0 aliphatic heterocycles. The Hall–Kier alpha value is -3.23. The first-order valence-corrected chi connectivity index (χ1v) is 8.31. The third-order valence-corrected chi connectivity index (χ3v) is 3.37. The molecule has 0 saturated carbocycles. The van der Waals surface area contributed by atoms with Crippen LogP contribution in [-0.2, 0) is 16.2 Å². The molecule has 0 saturated heterocycles. The second-order valence-corrected chi connectivity index (χ2v) is 5.70. The van der Waals surface area contributed by atoms with Gasteiger partial charge in [0, 0.05) is 0 Å². The summed E-state index contributed by atoms with van der Waals surface area (Å²) in [4.78, 5) is 22.8. The molecule has 28 heavy (non-hydrogen) atoms. The number of benzene rings is 2. The Morgan fingerprint density at radius 1 is 0.821 bits per heavy atom. The van der Waals surface area contributed by atoms with Gasteiger partial charge in [0.15, 0.2) is 6.61 Å². The topological polar surface area (TPSA) is 76.7 Å². The minimum atomic E-state index is -4.50. The summed E-state index contributed by atoms with van der Waals surface area (Å²) in [5, 5.41) is 3.82. The van der Waals surface area contributed by atoms with Crippen LogP contribution in [0.5, 0.6) is 11.5 Å². The summed E-state index contributed by atoms with van der Waals surface area (Å²) < 4.78 is 46.7. The van der Waals surface area contributed by atoms with Gasteiger partial charge in [0.25, 0.3) is 5.91 Å². The maximum atomic E-state index is 12.0. The summed E-state index contributed by atoms with van der Waals surface area (Å²) in [7, 11) is 0. The number of hydrogen-bond donors (Lipinski definition) is 2. The van der Waals surface area contributed by atoms with E-state index in [1.54, 1.807) is 29.6 Å². The summed E-state index contributed by atoms with van der Waals surface area (Å²) in [6.45, 7) is -1.97. The van der Waals surface area contributed by atoms with Crippen LogP contribution in [0.3, 0.4) is 0 Å². The zero-order valence-corrected chi connectivity index (χ0v) is 14.8. The lowest BCUT2D eigenvalue weighted by Gasteiger charge is -2.10. The van der Waals surface area contributed by atoms with Crippen LogP contribution in [0.1, 0.15) is 5.56 Å². The number of carbonyl (C=O) groups excluding carboxylic acids is 2. The molecule has 0 atom stereocenters. The van der Waals surface area contributed by atoms with Gasteiger partial charge >= 0.3 is 6.18 Å². The second-order valence-electron chi connectivity index (χ2n) is 5.70. The van der Waals surface area contributed by atoms with Crippen molar-refractivity contribution in [3.8, 4) is 11.5 Å². The third-order valence-electron chi connectivity index (χ3n) is 3.37. The number of ether oxygens (including phenoxy) is 2. The van der Waals surface area contributed by atoms with E-state index in [0.717, 1.165) is 5.56 Å². The lowest BCUT2D eigenvalue weighted by atomic mass is 10.2. The third kappa shape index (κ3) is 8.43. The van der Waals surface area contributed by atoms with Crippen molar-refractivity contribution in [1.82, 2.24) is 10.6 Å². The summed E-state index contributed by atoms with van der Waals surface area (Å²) in [6, 6.07) is 16.2. The van der Waals surface area contributed by atoms with E-state index in [1.165, 1.54) is 0 Å². The zero-order chi connectivity index (χ0) is 20.4. The number of alkyl halides is 3. The zero-order valence-electron chi connectivity index (χ0n) is 14.8. The predicted octanol–water partition coefficient (Wildman–Crippen LogP) is 2.44. The van der Waals surface area contributed by atoms with E-state index in [2.05, 4.69) is 5.32 Å². The van der Waals surface area contributed by atoms with Crippen LogP contribution in [0, 0.1) is 0 Å². The van der Waals surface area contributed by atoms with Crippen molar-refractivity contribution in [2.24, 2.45) is 0 Å². The van der Waals surface area contributed by atoms with Gasteiger partial charge in [-0.15, -0.1) is 0 Å². The van der Waals surface area contributed by atoms with Gasteiger partial charge in [-0.05, 0) is 29.8 Å². The molecule has 9 heteroatoms. The monoisotopic (exact) mass is 396 g/mol. The molecule has 150 valence electrons. The summed E-state index contributed by atoms with van der Waals surface area (Å²) >= 11 is 0. The highest BCUT2D eigenvalue weighted by atomic mass is 19.4. The number of rotatable bonds is 9. The average Bonchev–Trinajstić information content (AvgIpc) is 2.68. The molecule has 0 bridgehead atoms. The van der Waals surface area contributed by atoms with Crippen LogP contribution >= 0.6 is 0 Å². The van der Waals surface area contributed by atoms with Crippen molar-refractivity contribution in [3.05, 3.63) is 60.2 Å². The Kier molecular flexibility index (Phi) is 7.67. The lowest BCUT2D eigenvalue weighted by Crippen LogP contribution is -2.42. The molecule has 0 aliphatic rings.